The molecule has 2 N–H and O–H groups in total. The van der Waals surface area contributed by atoms with Gasteiger partial charge in [-0.3, -0.25) is 0 Å². The largest absolute Gasteiger partial charge is 0.381 e. The predicted molar refractivity (Wildman–Crippen MR) is 61.6 cm³/mol. The molecule has 0 saturated heterocycles. The van der Waals surface area contributed by atoms with Crippen molar-refractivity contribution in [3.05, 3.63) is 29.8 Å². The Morgan fingerprint density at radius 1 is 1.29 bits per heavy atom. The smallest absolute Gasteiger partial charge is 0.0560 e. The SMILES string of the molecule is CCOCCSc1ccc(CN)cc1. The third-order valence-corrected chi connectivity index (χ3v) is 2.84. The number of benzene rings is 1. The summed E-state index contributed by atoms with van der Waals surface area (Å²) in [4.78, 5) is 1.28. The van der Waals surface area contributed by atoms with Crippen LogP contribution in [-0.2, 0) is 11.3 Å². The molecule has 0 saturated carbocycles. The van der Waals surface area contributed by atoms with E-state index in [0.29, 0.717) is 6.54 Å². The first-order valence-corrected chi connectivity index (χ1v) is 5.85. The van der Waals surface area contributed by atoms with Gasteiger partial charge in [-0.25, -0.2) is 0 Å². The van der Waals surface area contributed by atoms with Crippen LogP contribution in [0.15, 0.2) is 29.2 Å². The molecule has 3 heteroatoms. The Balaban J connectivity index is 2.29. The molecule has 1 aromatic rings. The number of ether oxygens (including phenoxy) is 1. The van der Waals surface area contributed by atoms with Gasteiger partial charge in [0.25, 0.3) is 0 Å². The minimum absolute atomic E-state index is 0.615. The minimum Gasteiger partial charge on any atom is -0.381 e. The van der Waals surface area contributed by atoms with Crippen molar-refractivity contribution in [1.82, 2.24) is 0 Å². The third kappa shape index (κ3) is 4.13. The predicted octanol–water partition coefficient (Wildman–Crippen LogP) is 2.27. The Morgan fingerprint density at radius 2 is 2.00 bits per heavy atom. The van der Waals surface area contributed by atoms with E-state index in [4.69, 9.17) is 10.5 Å². The van der Waals surface area contributed by atoms with Crippen molar-refractivity contribution in [1.29, 1.82) is 0 Å². The highest BCUT2D eigenvalue weighted by Crippen LogP contribution is 2.17. The summed E-state index contributed by atoms with van der Waals surface area (Å²) in [6, 6.07) is 8.36. The van der Waals surface area contributed by atoms with E-state index in [9.17, 15) is 0 Å². The average molecular weight is 211 g/mol. The molecule has 0 unspecified atom stereocenters. The molecule has 2 nitrogen and oxygen atoms in total. The molecule has 0 bridgehead atoms. The molecule has 78 valence electrons. The minimum atomic E-state index is 0.615. The van der Waals surface area contributed by atoms with Crippen LogP contribution in [0.3, 0.4) is 0 Å². The van der Waals surface area contributed by atoms with Gasteiger partial charge in [0.1, 0.15) is 0 Å². The molecule has 0 aliphatic heterocycles. The number of nitrogens with two attached hydrogens (primary N) is 1. The quantitative estimate of drug-likeness (QED) is 0.579. The lowest BCUT2D eigenvalue weighted by Crippen LogP contribution is -1.96. The fourth-order valence-electron chi connectivity index (χ4n) is 1.08. The van der Waals surface area contributed by atoms with E-state index >= 15 is 0 Å². The molecule has 14 heavy (non-hydrogen) atoms. The van der Waals surface area contributed by atoms with Crippen LogP contribution in [0.5, 0.6) is 0 Å². The van der Waals surface area contributed by atoms with Crippen LogP contribution in [0, 0.1) is 0 Å². The maximum Gasteiger partial charge on any atom is 0.0560 e. The molecular weight excluding hydrogens is 194 g/mol. The van der Waals surface area contributed by atoms with E-state index in [1.54, 1.807) is 0 Å². The number of hydrogen-bond acceptors (Lipinski definition) is 3. The Labute approximate surface area is 89.8 Å². The molecule has 1 rings (SSSR count). The summed E-state index contributed by atoms with van der Waals surface area (Å²) in [6.45, 7) is 4.25. The van der Waals surface area contributed by atoms with E-state index in [2.05, 4.69) is 24.3 Å². The molecule has 0 spiro atoms. The Hall–Kier alpha value is -0.510. The van der Waals surface area contributed by atoms with Crippen LogP contribution in [0.4, 0.5) is 0 Å². The third-order valence-electron chi connectivity index (χ3n) is 1.86. The molecule has 0 radical (unpaired) electrons. The number of rotatable bonds is 6. The molecule has 0 aromatic heterocycles. The topological polar surface area (TPSA) is 35.2 Å². The van der Waals surface area contributed by atoms with Crippen molar-refractivity contribution in [2.75, 3.05) is 19.0 Å². The summed E-state index contributed by atoms with van der Waals surface area (Å²) in [5.74, 6) is 1.01. The molecule has 0 fully saturated rings. The molecule has 1 aromatic carbocycles. The second-order valence-electron chi connectivity index (χ2n) is 2.89. The van der Waals surface area contributed by atoms with Gasteiger partial charge in [-0.15, -0.1) is 11.8 Å². The highest BCUT2D eigenvalue weighted by Gasteiger charge is 1.94. The Morgan fingerprint density at radius 3 is 2.57 bits per heavy atom. The van der Waals surface area contributed by atoms with Crippen LogP contribution in [0.2, 0.25) is 0 Å². The maximum absolute atomic E-state index is 5.51. The van der Waals surface area contributed by atoms with Crippen LogP contribution >= 0.6 is 11.8 Å². The van der Waals surface area contributed by atoms with E-state index in [1.807, 2.05) is 18.7 Å². The fraction of sp³-hybridized carbons (Fsp3) is 0.455. The maximum atomic E-state index is 5.51. The van der Waals surface area contributed by atoms with Gasteiger partial charge in [0.15, 0.2) is 0 Å². The van der Waals surface area contributed by atoms with Gasteiger partial charge >= 0.3 is 0 Å². The van der Waals surface area contributed by atoms with Crippen molar-refractivity contribution < 1.29 is 4.74 Å². The van der Waals surface area contributed by atoms with E-state index in [-0.39, 0.29) is 0 Å². The molecular formula is C11H17NOS. The molecule has 0 aliphatic carbocycles. The number of thioether (sulfide) groups is 1. The van der Waals surface area contributed by atoms with Gasteiger partial charge in [0, 0.05) is 23.8 Å². The van der Waals surface area contributed by atoms with Crippen LogP contribution in [-0.4, -0.2) is 19.0 Å². The van der Waals surface area contributed by atoms with E-state index in [1.165, 1.54) is 10.5 Å². The zero-order valence-electron chi connectivity index (χ0n) is 8.53. The van der Waals surface area contributed by atoms with E-state index < -0.39 is 0 Å². The van der Waals surface area contributed by atoms with Crippen LogP contribution in [0.1, 0.15) is 12.5 Å². The Bertz CT molecular complexity index is 248. The van der Waals surface area contributed by atoms with Crippen LogP contribution < -0.4 is 5.73 Å². The summed E-state index contributed by atoms with van der Waals surface area (Å²) < 4.78 is 5.26. The molecule has 0 atom stereocenters. The lowest BCUT2D eigenvalue weighted by molar-refractivity contribution is 0.164. The van der Waals surface area contributed by atoms with Gasteiger partial charge in [0.2, 0.25) is 0 Å². The second kappa shape index (κ2) is 6.87. The standard InChI is InChI=1S/C11H17NOS/c1-2-13-7-8-14-11-5-3-10(9-12)4-6-11/h3-6H,2,7-9,12H2,1H3. The highest BCUT2D eigenvalue weighted by molar-refractivity contribution is 7.99. The molecule has 0 heterocycles. The summed E-state index contributed by atoms with van der Waals surface area (Å²) >= 11 is 1.81. The van der Waals surface area contributed by atoms with Gasteiger partial charge in [-0.05, 0) is 24.6 Å². The normalized spacial score (nSPS) is 10.4. The summed E-state index contributed by atoms with van der Waals surface area (Å²) in [5.41, 5.74) is 6.69. The van der Waals surface area contributed by atoms with Gasteiger partial charge < -0.3 is 10.5 Å². The van der Waals surface area contributed by atoms with Crippen molar-refractivity contribution in [2.24, 2.45) is 5.73 Å². The van der Waals surface area contributed by atoms with Gasteiger partial charge in [0.05, 0.1) is 6.61 Å². The van der Waals surface area contributed by atoms with Crippen LogP contribution in [0.25, 0.3) is 0 Å². The van der Waals surface area contributed by atoms with Gasteiger partial charge in [-0.2, -0.15) is 0 Å². The van der Waals surface area contributed by atoms with Crippen molar-refractivity contribution >= 4 is 11.8 Å². The monoisotopic (exact) mass is 211 g/mol. The highest BCUT2D eigenvalue weighted by atomic mass is 32.2. The molecule has 0 amide bonds. The average Bonchev–Trinajstić information content (AvgIpc) is 2.25. The second-order valence-corrected chi connectivity index (χ2v) is 4.06. The lowest BCUT2D eigenvalue weighted by atomic mass is 10.2. The zero-order valence-corrected chi connectivity index (χ0v) is 9.35. The fourth-order valence-corrected chi connectivity index (χ4v) is 1.85. The Kier molecular flexibility index (Phi) is 5.68. The zero-order chi connectivity index (χ0) is 10.2. The summed E-state index contributed by atoms with van der Waals surface area (Å²) in [7, 11) is 0. The van der Waals surface area contributed by atoms with Crippen molar-refractivity contribution in [2.45, 2.75) is 18.4 Å². The first kappa shape index (κ1) is 11.6. The number of hydrogen-bond donors (Lipinski definition) is 1. The lowest BCUT2D eigenvalue weighted by Gasteiger charge is -2.02. The molecule has 0 aliphatic rings. The summed E-state index contributed by atoms with van der Waals surface area (Å²) in [6.07, 6.45) is 0. The van der Waals surface area contributed by atoms with Crippen molar-refractivity contribution in [3.63, 3.8) is 0 Å². The summed E-state index contributed by atoms with van der Waals surface area (Å²) in [5, 5.41) is 0. The van der Waals surface area contributed by atoms with E-state index in [0.717, 1.165) is 19.0 Å². The van der Waals surface area contributed by atoms with Crippen molar-refractivity contribution in [3.8, 4) is 0 Å². The van der Waals surface area contributed by atoms with Gasteiger partial charge in [-0.1, -0.05) is 12.1 Å². The first-order chi connectivity index (χ1) is 6.86. The first-order valence-electron chi connectivity index (χ1n) is 4.86.